The number of aryl methyl sites for hydroxylation is 1. The van der Waals surface area contributed by atoms with Crippen molar-refractivity contribution in [2.24, 2.45) is 0 Å². The summed E-state index contributed by atoms with van der Waals surface area (Å²) in [7, 11) is 0. The zero-order valence-electron chi connectivity index (χ0n) is 11.7. The van der Waals surface area contributed by atoms with Gasteiger partial charge in [0.1, 0.15) is 11.6 Å². The average Bonchev–Trinajstić information content (AvgIpc) is 3.10. The molecule has 2 N–H and O–H groups in total. The summed E-state index contributed by atoms with van der Waals surface area (Å²) < 4.78 is 14.1. The number of aromatic nitrogens is 3. The highest BCUT2D eigenvalue weighted by molar-refractivity contribution is 6.01. The number of halogens is 1. The predicted octanol–water partition coefficient (Wildman–Crippen LogP) is 2.10. The number of amides is 1. The number of hydrogen-bond donors (Lipinski definition) is 2. The molecule has 21 heavy (non-hydrogen) atoms. The van der Waals surface area contributed by atoms with Gasteiger partial charge in [0.15, 0.2) is 0 Å². The van der Waals surface area contributed by atoms with Crippen LogP contribution in [0.2, 0.25) is 0 Å². The minimum Gasteiger partial charge on any atom is -0.369 e. The molecule has 7 heteroatoms. The first kappa shape index (κ1) is 13.5. The van der Waals surface area contributed by atoms with E-state index in [4.69, 9.17) is 0 Å². The molecule has 0 unspecified atom stereocenters. The highest BCUT2D eigenvalue weighted by Crippen LogP contribution is 2.26. The lowest BCUT2D eigenvalue weighted by Gasteiger charge is -2.18. The Bertz CT molecular complexity index is 663. The Balaban J connectivity index is 1.74. The van der Waals surface area contributed by atoms with Gasteiger partial charge in [-0.05, 0) is 38.0 Å². The summed E-state index contributed by atoms with van der Waals surface area (Å²) in [6, 6.07) is 4.71. The maximum Gasteiger partial charge on any atom is 0.295 e. The van der Waals surface area contributed by atoms with Crippen molar-refractivity contribution in [3.8, 4) is 0 Å². The van der Waals surface area contributed by atoms with Gasteiger partial charge in [-0.15, -0.1) is 5.10 Å². The Kier molecular flexibility index (Phi) is 3.55. The molecule has 2 heterocycles. The average molecular weight is 289 g/mol. The van der Waals surface area contributed by atoms with Crippen LogP contribution in [0, 0.1) is 12.7 Å². The minimum absolute atomic E-state index is 0.0385. The number of nitrogens with zero attached hydrogens (tertiary/aromatic N) is 3. The third-order valence-corrected chi connectivity index (χ3v) is 3.45. The highest BCUT2D eigenvalue weighted by Gasteiger charge is 2.17. The van der Waals surface area contributed by atoms with Crippen LogP contribution in [-0.2, 0) is 0 Å². The Hall–Kier alpha value is -2.44. The third kappa shape index (κ3) is 2.86. The molecule has 0 bridgehead atoms. The quantitative estimate of drug-likeness (QED) is 0.907. The molecule has 0 atom stereocenters. The zero-order valence-corrected chi connectivity index (χ0v) is 11.7. The largest absolute Gasteiger partial charge is 0.369 e. The topological polar surface area (TPSA) is 73.9 Å². The Morgan fingerprint density at radius 2 is 2.14 bits per heavy atom. The minimum atomic E-state index is -0.465. The molecule has 0 spiro atoms. The van der Waals surface area contributed by atoms with Gasteiger partial charge in [0, 0.05) is 18.8 Å². The van der Waals surface area contributed by atoms with Gasteiger partial charge in [0.05, 0.1) is 5.69 Å². The molecule has 1 aromatic heterocycles. The van der Waals surface area contributed by atoms with Gasteiger partial charge in [-0.3, -0.25) is 9.89 Å². The van der Waals surface area contributed by atoms with Crippen molar-refractivity contribution in [1.29, 1.82) is 0 Å². The lowest BCUT2D eigenvalue weighted by molar-refractivity contribution is 0.101. The van der Waals surface area contributed by atoms with E-state index in [-0.39, 0.29) is 11.6 Å². The van der Waals surface area contributed by atoms with Crippen molar-refractivity contribution in [2.75, 3.05) is 23.3 Å². The van der Waals surface area contributed by atoms with Gasteiger partial charge in [0.2, 0.25) is 5.82 Å². The van der Waals surface area contributed by atoms with Crippen LogP contribution in [0.1, 0.15) is 29.3 Å². The summed E-state index contributed by atoms with van der Waals surface area (Å²) in [6.45, 7) is 3.45. The number of anilines is 2. The fourth-order valence-corrected chi connectivity index (χ4v) is 2.43. The highest BCUT2D eigenvalue weighted by atomic mass is 19.1. The molecule has 0 saturated carbocycles. The summed E-state index contributed by atoms with van der Waals surface area (Å²) in [5.41, 5.74) is 0.974. The van der Waals surface area contributed by atoms with Gasteiger partial charge < -0.3 is 10.2 Å². The molecule has 0 radical (unpaired) electrons. The number of hydrogen-bond acceptors (Lipinski definition) is 4. The van der Waals surface area contributed by atoms with Crippen molar-refractivity contribution < 1.29 is 9.18 Å². The van der Waals surface area contributed by atoms with E-state index in [1.807, 2.05) is 4.90 Å². The second-order valence-electron chi connectivity index (χ2n) is 5.06. The molecular formula is C14H16FN5O. The standard InChI is InChI=1S/C14H16FN5O/c1-9-16-13(19-18-9)14(21)17-10-4-5-12(11(15)8-10)20-6-2-3-7-20/h4-5,8H,2-3,6-7H2,1H3,(H,17,21)(H,16,18,19). The van der Waals surface area contributed by atoms with Gasteiger partial charge in [0.25, 0.3) is 5.91 Å². The number of benzene rings is 1. The number of H-pyrrole nitrogens is 1. The van der Waals surface area contributed by atoms with Crippen LogP contribution in [0.15, 0.2) is 18.2 Å². The van der Waals surface area contributed by atoms with Crippen LogP contribution < -0.4 is 10.2 Å². The normalized spacial score (nSPS) is 14.5. The summed E-state index contributed by atoms with van der Waals surface area (Å²) in [4.78, 5) is 17.8. The monoisotopic (exact) mass is 289 g/mol. The van der Waals surface area contributed by atoms with Crippen molar-refractivity contribution in [3.05, 3.63) is 35.7 Å². The predicted molar refractivity (Wildman–Crippen MR) is 76.9 cm³/mol. The molecule has 1 saturated heterocycles. The van der Waals surface area contributed by atoms with Crippen molar-refractivity contribution >= 4 is 17.3 Å². The fourth-order valence-electron chi connectivity index (χ4n) is 2.43. The van der Waals surface area contributed by atoms with Gasteiger partial charge in [-0.1, -0.05) is 0 Å². The fraction of sp³-hybridized carbons (Fsp3) is 0.357. The molecule has 2 aromatic rings. The van der Waals surface area contributed by atoms with E-state index in [2.05, 4.69) is 20.5 Å². The molecule has 1 aliphatic rings. The number of carbonyl (C=O) groups excluding carboxylic acids is 1. The second kappa shape index (κ2) is 5.51. The van der Waals surface area contributed by atoms with Crippen LogP contribution in [-0.4, -0.2) is 34.2 Å². The number of rotatable bonds is 3. The Morgan fingerprint density at radius 1 is 1.38 bits per heavy atom. The maximum atomic E-state index is 14.1. The Labute approximate surface area is 121 Å². The molecule has 1 aliphatic heterocycles. The van der Waals surface area contributed by atoms with Crippen LogP contribution in [0.3, 0.4) is 0 Å². The second-order valence-corrected chi connectivity index (χ2v) is 5.06. The summed E-state index contributed by atoms with van der Waals surface area (Å²) >= 11 is 0. The SMILES string of the molecule is Cc1nc(C(=O)Nc2ccc(N3CCCC3)c(F)c2)n[nH]1. The van der Waals surface area contributed by atoms with Gasteiger partial charge >= 0.3 is 0 Å². The molecule has 3 rings (SSSR count). The van der Waals surface area contributed by atoms with Crippen LogP contribution in [0.25, 0.3) is 0 Å². The van der Waals surface area contributed by atoms with Crippen molar-refractivity contribution in [1.82, 2.24) is 15.2 Å². The number of carbonyl (C=O) groups is 1. The molecule has 1 fully saturated rings. The molecule has 1 amide bonds. The van der Waals surface area contributed by atoms with E-state index < -0.39 is 5.91 Å². The lowest BCUT2D eigenvalue weighted by atomic mass is 10.2. The van der Waals surface area contributed by atoms with E-state index >= 15 is 0 Å². The lowest BCUT2D eigenvalue weighted by Crippen LogP contribution is -2.19. The van der Waals surface area contributed by atoms with E-state index in [1.54, 1.807) is 19.1 Å². The number of aromatic amines is 1. The Morgan fingerprint density at radius 3 is 2.76 bits per heavy atom. The summed E-state index contributed by atoms with van der Waals surface area (Å²) in [5, 5.41) is 8.94. The molecule has 6 nitrogen and oxygen atoms in total. The van der Waals surface area contributed by atoms with E-state index in [0.717, 1.165) is 25.9 Å². The molecular weight excluding hydrogens is 273 g/mol. The molecule has 1 aromatic carbocycles. The smallest absolute Gasteiger partial charge is 0.295 e. The molecule has 0 aliphatic carbocycles. The van der Waals surface area contributed by atoms with Gasteiger partial charge in [-0.25, -0.2) is 9.37 Å². The van der Waals surface area contributed by atoms with Crippen LogP contribution in [0.5, 0.6) is 0 Å². The van der Waals surface area contributed by atoms with E-state index in [1.165, 1.54) is 6.07 Å². The van der Waals surface area contributed by atoms with Crippen LogP contribution in [0.4, 0.5) is 15.8 Å². The number of nitrogens with one attached hydrogen (secondary N) is 2. The summed E-state index contributed by atoms with van der Waals surface area (Å²) in [6.07, 6.45) is 2.17. The van der Waals surface area contributed by atoms with E-state index in [9.17, 15) is 9.18 Å². The zero-order chi connectivity index (χ0) is 14.8. The first-order valence-electron chi connectivity index (χ1n) is 6.88. The van der Waals surface area contributed by atoms with Crippen molar-refractivity contribution in [2.45, 2.75) is 19.8 Å². The van der Waals surface area contributed by atoms with Crippen molar-refractivity contribution in [3.63, 3.8) is 0 Å². The first-order valence-corrected chi connectivity index (χ1v) is 6.88. The molecule has 110 valence electrons. The van der Waals surface area contributed by atoms with Crippen LogP contribution >= 0.6 is 0 Å². The first-order chi connectivity index (χ1) is 10.1. The maximum absolute atomic E-state index is 14.1. The summed E-state index contributed by atoms with van der Waals surface area (Å²) in [5.74, 6) is -0.208. The van der Waals surface area contributed by atoms with E-state index in [0.29, 0.717) is 17.2 Å². The van der Waals surface area contributed by atoms with Gasteiger partial charge in [-0.2, -0.15) is 0 Å². The third-order valence-electron chi connectivity index (χ3n) is 3.45.